The standard InChI is InChI=1S/C13H21N3O3S/c1-3-20(17,18)16-8-6-15(7-9-16)12-5-4-11(14)10-13(12)19-2/h4-5,10H,3,6-9,14H2,1-2H3. The number of nitrogen functional groups attached to an aromatic ring is 1. The van der Waals surface area contributed by atoms with Crippen molar-refractivity contribution in [3.05, 3.63) is 18.2 Å². The summed E-state index contributed by atoms with van der Waals surface area (Å²) in [6.45, 7) is 3.98. The van der Waals surface area contributed by atoms with Crippen LogP contribution in [0, 0.1) is 0 Å². The van der Waals surface area contributed by atoms with E-state index < -0.39 is 10.0 Å². The lowest BCUT2D eigenvalue weighted by Crippen LogP contribution is -2.49. The van der Waals surface area contributed by atoms with Crippen LogP contribution >= 0.6 is 0 Å². The minimum absolute atomic E-state index is 0.151. The van der Waals surface area contributed by atoms with Gasteiger partial charge in [0.05, 0.1) is 18.6 Å². The first kappa shape index (κ1) is 14.9. The quantitative estimate of drug-likeness (QED) is 0.830. The number of nitrogens with zero attached hydrogens (tertiary/aromatic N) is 2. The van der Waals surface area contributed by atoms with E-state index in [-0.39, 0.29) is 5.75 Å². The van der Waals surface area contributed by atoms with E-state index in [0.717, 1.165) is 11.4 Å². The molecular formula is C13H21N3O3S. The van der Waals surface area contributed by atoms with Crippen LogP contribution in [-0.2, 0) is 10.0 Å². The van der Waals surface area contributed by atoms with Gasteiger partial charge in [0, 0.05) is 37.9 Å². The molecule has 0 saturated carbocycles. The first-order valence-electron chi connectivity index (χ1n) is 6.64. The summed E-state index contributed by atoms with van der Waals surface area (Å²) in [5.74, 6) is 0.870. The summed E-state index contributed by atoms with van der Waals surface area (Å²) < 4.78 is 30.6. The van der Waals surface area contributed by atoms with Crippen LogP contribution in [0.1, 0.15) is 6.92 Å². The maximum atomic E-state index is 11.8. The lowest BCUT2D eigenvalue weighted by atomic mass is 10.2. The van der Waals surface area contributed by atoms with Gasteiger partial charge in [-0.15, -0.1) is 0 Å². The monoisotopic (exact) mass is 299 g/mol. The summed E-state index contributed by atoms with van der Waals surface area (Å²) in [6, 6.07) is 5.52. The molecule has 7 heteroatoms. The Kier molecular flexibility index (Phi) is 4.39. The third-order valence-corrected chi connectivity index (χ3v) is 5.42. The van der Waals surface area contributed by atoms with Gasteiger partial charge in [0.15, 0.2) is 0 Å². The molecule has 0 amide bonds. The summed E-state index contributed by atoms with van der Waals surface area (Å²) in [4.78, 5) is 2.12. The molecule has 0 spiro atoms. The number of sulfonamides is 1. The van der Waals surface area contributed by atoms with Crippen molar-refractivity contribution in [2.45, 2.75) is 6.92 Å². The molecule has 0 atom stereocenters. The van der Waals surface area contributed by atoms with Crippen LogP contribution in [0.3, 0.4) is 0 Å². The zero-order valence-electron chi connectivity index (χ0n) is 11.9. The number of rotatable bonds is 4. The molecule has 0 radical (unpaired) electrons. The van der Waals surface area contributed by atoms with Gasteiger partial charge in [0.1, 0.15) is 5.75 Å². The van der Waals surface area contributed by atoms with Gasteiger partial charge in [-0.05, 0) is 19.1 Å². The van der Waals surface area contributed by atoms with Gasteiger partial charge < -0.3 is 15.4 Å². The number of nitrogens with two attached hydrogens (primary N) is 1. The number of anilines is 2. The number of ether oxygens (including phenoxy) is 1. The third kappa shape index (κ3) is 2.99. The van der Waals surface area contributed by atoms with E-state index in [1.54, 1.807) is 24.4 Å². The molecule has 1 fully saturated rings. The smallest absolute Gasteiger partial charge is 0.213 e. The topological polar surface area (TPSA) is 75.9 Å². The molecule has 2 rings (SSSR count). The summed E-state index contributed by atoms with van der Waals surface area (Å²) in [5, 5.41) is 0. The molecule has 1 aliphatic heterocycles. The Morgan fingerprint density at radius 2 is 1.90 bits per heavy atom. The highest BCUT2D eigenvalue weighted by Gasteiger charge is 2.26. The molecule has 1 aliphatic rings. The number of piperazine rings is 1. The molecule has 1 saturated heterocycles. The minimum atomic E-state index is -3.09. The average Bonchev–Trinajstić information content (AvgIpc) is 2.47. The average molecular weight is 299 g/mol. The van der Waals surface area contributed by atoms with Crippen molar-refractivity contribution in [1.82, 2.24) is 4.31 Å². The maximum absolute atomic E-state index is 11.8. The normalized spacial score (nSPS) is 17.2. The van der Waals surface area contributed by atoms with Crippen LogP contribution in [0.4, 0.5) is 11.4 Å². The summed E-state index contributed by atoms with van der Waals surface area (Å²) >= 11 is 0. The van der Waals surface area contributed by atoms with E-state index in [9.17, 15) is 8.42 Å². The highest BCUT2D eigenvalue weighted by Crippen LogP contribution is 2.31. The second-order valence-electron chi connectivity index (χ2n) is 4.72. The fourth-order valence-corrected chi connectivity index (χ4v) is 3.43. The lowest BCUT2D eigenvalue weighted by molar-refractivity contribution is 0.379. The molecule has 6 nitrogen and oxygen atoms in total. The number of hydrogen-bond donors (Lipinski definition) is 1. The fraction of sp³-hybridized carbons (Fsp3) is 0.538. The molecule has 112 valence electrons. The Balaban J connectivity index is 2.11. The zero-order valence-corrected chi connectivity index (χ0v) is 12.7. The van der Waals surface area contributed by atoms with Gasteiger partial charge in [0.2, 0.25) is 10.0 Å². The minimum Gasteiger partial charge on any atom is -0.495 e. The predicted octanol–water partition coefficient (Wildman–Crippen LogP) is 0.749. The molecule has 0 aromatic heterocycles. The van der Waals surface area contributed by atoms with E-state index in [0.29, 0.717) is 31.9 Å². The van der Waals surface area contributed by atoms with Crippen LogP contribution in [-0.4, -0.2) is 51.8 Å². The molecule has 0 unspecified atom stereocenters. The Morgan fingerprint density at radius 3 is 2.45 bits per heavy atom. The summed E-state index contributed by atoms with van der Waals surface area (Å²) in [6.07, 6.45) is 0. The van der Waals surface area contributed by atoms with Crippen LogP contribution in [0.25, 0.3) is 0 Å². The van der Waals surface area contributed by atoms with Gasteiger partial charge in [-0.3, -0.25) is 0 Å². The predicted molar refractivity (Wildman–Crippen MR) is 80.7 cm³/mol. The van der Waals surface area contributed by atoms with Crippen molar-refractivity contribution < 1.29 is 13.2 Å². The van der Waals surface area contributed by atoms with E-state index >= 15 is 0 Å². The third-order valence-electron chi connectivity index (χ3n) is 3.54. The van der Waals surface area contributed by atoms with E-state index in [1.807, 2.05) is 12.1 Å². The molecule has 1 aromatic carbocycles. The molecule has 1 aromatic rings. The van der Waals surface area contributed by atoms with Gasteiger partial charge in [-0.2, -0.15) is 4.31 Å². The lowest BCUT2D eigenvalue weighted by Gasteiger charge is -2.35. The first-order valence-corrected chi connectivity index (χ1v) is 8.25. The molecule has 20 heavy (non-hydrogen) atoms. The number of benzene rings is 1. The molecule has 1 heterocycles. The Labute approximate surface area is 120 Å². The largest absolute Gasteiger partial charge is 0.495 e. The van der Waals surface area contributed by atoms with E-state index in [2.05, 4.69) is 4.90 Å². The Hall–Kier alpha value is -1.47. The van der Waals surface area contributed by atoms with Crippen molar-refractivity contribution in [3.63, 3.8) is 0 Å². The summed E-state index contributed by atoms with van der Waals surface area (Å²) in [7, 11) is -1.49. The van der Waals surface area contributed by atoms with Crippen LogP contribution < -0.4 is 15.4 Å². The van der Waals surface area contributed by atoms with Gasteiger partial charge in [-0.25, -0.2) is 8.42 Å². The van der Waals surface area contributed by atoms with Crippen LogP contribution in [0.5, 0.6) is 5.75 Å². The number of hydrogen-bond acceptors (Lipinski definition) is 5. The molecule has 0 aliphatic carbocycles. The fourth-order valence-electron chi connectivity index (χ4n) is 2.35. The number of methoxy groups -OCH3 is 1. The Morgan fingerprint density at radius 1 is 1.25 bits per heavy atom. The van der Waals surface area contributed by atoms with Crippen molar-refractivity contribution in [3.8, 4) is 5.75 Å². The molecule has 2 N–H and O–H groups in total. The second-order valence-corrected chi connectivity index (χ2v) is 6.98. The van der Waals surface area contributed by atoms with Crippen molar-refractivity contribution in [2.75, 3.05) is 49.7 Å². The van der Waals surface area contributed by atoms with Crippen molar-refractivity contribution in [2.24, 2.45) is 0 Å². The second kappa shape index (κ2) is 5.88. The van der Waals surface area contributed by atoms with E-state index in [1.165, 1.54) is 0 Å². The highest BCUT2D eigenvalue weighted by molar-refractivity contribution is 7.89. The Bertz CT molecular complexity index is 566. The van der Waals surface area contributed by atoms with Gasteiger partial charge >= 0.3 is 0 Å². The maximum Gasteiger partial charge on any atom is 0.213 e. The van der Waals surface area contributed by atoms with Crippen LogP contribution in [0.15, 0.2) is 18.2 Å². The zero-order chi connectivity index (χ0) is 14.8. The highest BCUT2D eigenvalue weighted by atomic mass is 32.2. The van der Waals surface area contributed by atoms with E-state index in [4.69, 9.17) is 10.5 Å². The molecule has 0 bridgehead atoms. The van der Waals surface area contributed by atoms with Crippen LogP contribution in [0.2, 0.25) is 0 Å². The first-order chi connectivity index (χ1) is 9.47. The van der Waals surface area contributed by atoms with Crippen molar-refractivity contribution in [1.29, 1.82) is 0 Å². The SMILES string of the molecule is CCS(=O)(=O)N1CCN(c2ccc(N)cc2OC)CC1. The van der Waals surface area contributed by atoms with Crippen molar-refractivity contribution >= 4 is 21.4 Å². The molecular weight excluding hydrogens is 278 g/mol. The summed E-state index contributed by atoms with van der Waals surface area (Å²) in [5.41, 5.74) is 7.35. The van der Waals surface area contributed by atoms with Gasteiger partial charge in [0.25, 0.3) is 0 Å². The van der Waals surface area contributed by atoms with Gasteiger partial charge in [-0.1, -0.05) is 0 Å².